The fourth-order valence-corrected chi connectivity index (χ4v) is 2.58. The molecule has 1 saturated heterocycles. The van der Waals surface area contributed by atoms with Gasteiger partial charge in [0.05, 0.1) is 18.2 Å². The maximum absolute atomic E-state index is 10.9. The lowest BCUT2D eigenvalue weighted by Gasteiger charge is -2.35. The lowest BCUT2D eigenvalue weighted by atomic mass is 9.95. The smallest absolute Gasteiger partial charge is 0.306 e. The van der Waals surface area contributed by atoms with Crippen molar-refractivity contribution in [3.8, 4) is 0 Å². The normalized spacial score (nSPS) is 20.3. The Labute approximate surface area is 101 Å². The van der Waals surface area contributed by atoms with Crippen molar-refractivity contribution >= 4 is 5.97 Å². The number of likely N-dealkylation sites (tertiary alicyclic amines) is 1. The molecule has 1 aromatic rings. The maximum Gasteiger partial charge on any atom is 0.306 e. The van der Waals surface area contributed by atoms with Crippen LogP contribution in [-0.4, -0.2) is 29.1 Å². The maximum atomic E-state index is 10.9. The first-order valence-electron chi connectivity index (χ1n) is 6.22. The summed E-state index contributed by atoms with van der Waals surface area (Å²) >= 11 is 0. The summed E-state index contributed by atoms with van der Waals surface area (Å²) in [5.41, 5.74) is 0. The van der Waals surface area contributed by atoms with Crippen LogP contribution in [0.25, 0.3) is 0 Å². The molecule has 1 unspecified atom stereocenters. The molecule has 0 saturated carbocycles. The number of piperidine rings is 1. The first-order chi connectivity index (χ1) is 8.22. The Morgan fingerprint density at radius 2 is 2.29 bits per heavy atom. The fraction of sp³-hybridized carbons (Fsp3) is 0.615. The zero-order valence-electron chi connectivity index (χ0n) is 10.1. The van der Waals surface area contributed by atoms with Crippen LogP contribution in [0.4, 0.5) is 0 Å². The second-order valence-corrected chi connectivity index (χ2v) is 4.59. The number of furan rings is 1. The van der Waals surface area contributed by atoms with Gasteiger partial charge in [0, 0.05) is 0 Å². The van der Waals surface area contributed by atoms with Crippen LogP contribution in [0.5, 0.6) is 0 Å². The van der Waals surface area contributed by atoms with Gasteiger partial charge >= 0.3 is 5.97 Å². The Balaban J connectivity index is 1.97. The SMILES string of the molecule is CCC(c1ccco1)N1CCC(C(=O)O)CC1. The van der Waals surface area contributed by atoms with Crippen molar-refractivity contribution in [2.24, 2.45) is 5.92 Å². The number of hydrogen-bond donors (Lipinski definition) is 1. The average molecular weight is 237 g/mol. The molecule has 1 N–H and O–H groups in total. The molecular weight excluding hydrogens is 218 g/mol. The zero-order valence-corrected chi connectivity index (χ0v) is 10.1. The van der Waals surface area contributed by atoms with E-state index < -0.39 is 5.97 Å². The largest absolute Gasteiger partial charge is 0.481 e. The molecule has 1 fully saturated rings. The summed E-state index contributed by atoms with van der Waals surface area (Å²) in [5, 5.41) is 8.97. The van der Waals surface area contributed by atoms with Gasteiger partial charge in [-0.05, 0) is 44.5 Å². The van der Waals surface area contributed by atoms with Crippen molar-refractivity contribution in [2.75, 3.05) is 13.1 Å². The highest BCUT2D eigenvalue weighted by Gasteiger charge is 2.29. The predicted octanol–water partition coefficient (Wildman–Crippen LogP) is 2.53. The zero-order chi connectivity index (χ0) is 12.3. The first kappa shape index (κ1) is 12.2. The summed E-state index contributed by atoms with van der Waals surface area (Å²) in [7, 11) is 0. The van der Waals surface area contributed by atoms with Gasteiger partial charge in [0.1, 0.15) is 5.76 Å². The van der Waals surface area contributed by atoms with E-state index in [0.717, 1.165) is 38.1 Å². The van der Waals surface area contributed by atoms with Crippen molar-refractivity contribution in [1.29, 1.82) is 0 Å². The lowest BCUT2D eigenvalue weighted by molar-refractivity contribution is -0.143. The Hall–Kier alpha value is -1.29. The van der Waals surface area contributed by atoms with E-state index in [2.05, 4.69) is 11.8 Å². The van der Waals surface area contributed by atoms with Crippen LogP contribution in [0.3, 0.4) is 0 Å². The third kappa shape index (κ3) is 2.69. The molecule has 17 heavy (non-hydrogen) atoms. The van der Waals surface area contributed by atoms with E-state index in [4.69, 9.17) is 9.52 Å². The molecule has 0 bridgehead atoms. The summed E-state index contributed by atoms with van der Waals surface area (Å²) in [6.45, 7) is 3.82. The van der Waals surface area contributed by atoms with Gasteiger partial charge in [0.15, 0.2) is 0 Å². The van der Waals surface area contributed by atoms with Gasteiger partial charge in [-0.2, -0.15) is 0 Å². The minimum Gasteiger partial charge on any atom is -0.481 e. The van der Waals surface area contributed by atoms with Gasteiger partial charge in [0.25, 0.3) is 0 Å². The van der Waals surface area contributed by atoms with Gasteiger partial charge in [-0.15, -0.1) is 0 Å². The molecule has 0 amide bonds. The van der Waals surface area contributed by atoms with Crippen molar-refractivity contribution in [1.82, 2.24) is 4.90 Å². The monoisotopic (exact) mass is 237 g/mol. The van der Waals surface area contributed by atoms with E-state index in [0.29, 0.717) is 6.04 Å². The first-order valence-corrected chi connectivity index (χ1v) is 6.22. The molecule has 0 aliphatic carbocycles. The van der Waals surface area contributed by atoms with Crippen LogP contribution >= 0.6 is 0 Å². The van der Waals surface area contributed by atoms with Crippen molar-refractivity contribution in [2.45, 2.75) is 32.2 Å². The number of carbonyl (C=O) groups is 1. The van der Waals surface area contributed by atoms with E-state index >= 15 is 0 Å². The quantitative estimate of drug-likeness (QED) is 0.874. The van der Waals surface area contributed by atoms with Crippen LogP contribution in [-0.2, 0) is 4.79 Å². The van der Waals surface area contributed by atoms with E-state index in [-0.39, 0.29) is 5.92 Å². The number of carboxylic acids is 1. The summed E-state index contributed by atoms with van der Waals surface area (Å²) in [6, 6.07) is 4.19. The summed E-state index contributed by atoms with van der Waals surface area (Å²) in [4.78, 5) is 13.2. The molecule has 4 nitrogen and oxygen atoms in total. The Kier molecular flexibility index (Phi) is 3.84. The highest BCUT2D eigenvalue weighted by Crippen LogP contribution is 2.29. The van der Waals surface area contributed by atoms with Gasteiger partial charge in [-0.1, -0.05) is 6.92 Å². The molecule has 1 aliphatic rings. The second-order valence-electron chi connectivity index (χ2n) is 4.59. The van der Waals surface area contributed by atoms with Gasteiger partial charge in [0.2, 0.25) is 0 Å². The van der Waals surface area contributed by atoms with E-state index in [1.54, 1.807) is 6.26 Å². The highest BCUT2D eigenvalue weighted by atomic mass is 16.4. The van der Waals surface area contributed by atoms with Crippen LogP contribution < -0.4 is 0 Å². The molecule has 0 radical (unpaired) electrons. The molecule has 1 aromatic heterocycles. The van der Waals surface area contributed by atoms with Crippen LogP contribution in [0.2, 0.25) is 0 Å². The lowest BCUT2D eigenvalue weighted by Crippen LogP contribution is -2.38. The van der Waals surface area contributed by atoms with Gasteiger partial charge in [-0.25, -0.2) is 0 Å². The molecule has 0 aromatic carbocycles. The fourth-order valence-electron chi connectivity index (χ4n) is 2.58. The minimum absolute atomic E-state index is 0.166. The summed E-state index contributed by atoms with van der Waals surface area (Å²) in [6.07, 6.45) is 4.17. The van der Waals surface area contributed by atoms with Crippen molar-refractivity contribution in [3.63, 3.8) is 0 Å². The van der Waals surface area contributed by atoms with E-state index in [1.165, 1.54) is 0 Å². The highest BCUT2D eigenvalue weighted by molar-refractivity contribution is 5.70. The topological polar surface area (TPSA) is 53.7 Å². The van der Waals surface area contributed by atoms with Crippen LogP contribution in [0, 0.1) is 5.92 Å². The Morgan fingerprint density at radius 1 is 1.59 bits per heavy atom. The van der Waals surface area contributed by atoms with Crippen LogP contribution in [0.15, 0.2) is 22.8 Å². The number of carboxylic acid groups (broad SMARTS) is 1. The van der Waals surface area contributed by atoms with Gasteiger partial charge < -0.3 is 9.52 Å². The number of hydrogen-bond acceptors (Lipinski definition) is 3. The molecule has 1 aliphatic heterocycles. The minimum atomic E-state index is -0.657. The average Bonchev–Trinajstić information content (AvgIpc) is 2.84. The summed E-state index contributed by atoms with van der Waals surface area (Å²) < 4.78 is 5.46. The molecular formula is C13H19NO3. The summed E-state index contributed by atoms with van der Waals surface area (Å²) in [5.74, 6) is 0.164. The third-order valence-corrected chi connectivity index (χ3v) is 3.58. The standard InChI is InChI=1S/C13H19NO3/c1-2-11(12-4-3-9-17-12)14-7-5-10(6-8-14)13(15)16/h3-4,9-11H,2,5-8H2,1H3,(H,15,16). The number of nitrogens with zero attached hydrogens (tertiary/aromatic N) is 1. The molecule has 94 valence electrons. The van der Waals surface area contributed by atoms with Crippen molar-refractivity contribution < 1.29 is 14.3 Å². The van der Waals surface area contributed by atoms with Crippen LogP contribution in [0.1, 0.15) is 38.0 Å². The number of aliphatic carboxylic acids is 1. The van der Waals surface area contributed by atoms with E-state index in [1.807, 2.05) is 12.1 Å². The Morgan fingerprint density at radius 3 is 2.76 bits per heavy atom. The predicted molar refractivity (Wildman–Crippen MR) is 63.7 cm³/mol. The molecule has 2 rings (SSSR count). The van der Waals surface area contributed by atoms with Crippen molar-refractivity contribution in [3.05, 3.63) is 24.2 Å². The third-order valence-electron chi connectivity index (χ3n) is 3.58. The molecule has 4 heteroatoms. The van der Waals surface area contributed by atoms with E-state index in [9.17, 15) is 4.79 Å². The second kappa shape index (κ2) is 5.36. The number of rotatable bonds is 4. The molecule has 0 spiro atoms. The Bertz CT molecular complexity index is 353. The molecule has 2 heterocycles. The van der Waals surface area contributed by atoms with Gasteiger partial charge in [-0.3, -0.25) is 9.69 Å². The molecule has 1 atom stereocenters.